The van der Waals surface area contributed by atoms with Crippen molar-refractivity contribution in [3.8, 4) is 0 Å². The van der Waals surface area contributed by atoms with Gasteiger partial charge in [0.15, 0.2) is 0 Å². The normalized spacial score (nSPS) is 16.6. The maximum atomic E-state index is 4.59. The summed E-state index contributed by atoms with van der Waals surface area (Å²) in [5.41, 5.74) is 1.28. The molecule has 1 aliphatic rings. The minimum absolute atomic E-state index is 0.976. The van der Waals surface area contributed by atoms with Crippen LogP contribution in [0.25, 0.3) is 0 Å². The molecule has 1 aromatic heterocycles. The zero-order valence-corrected chi connectivity index (χ0v) is 13.0. The Balaban J connectivity index is 2.19. The predicted octanol–water partition coefficient (Wildman–Crippen LogP) is 3.63. The van der Waals surface area contributed by atoms with E-state index >= 15 is 0 Å². The van der Waals surface area contributed by atoms with Crippen LogP contribution in [-0.2, 0) is 6.42 Å². The highest BCUT2D eigenvalue weighted by Gasteiger charge is 2.16. The maximum absolute atomic E-state index is 4.59. The van der Waals surface area contributed by atoms with E-state index in [-0.39, 0.29) is 0 Å². The maximum Gasteiger partial charge on any atom is 0.137 e. The van der Waals surface area contributed by atoms with E-state index in [0.717, 1.165) is 44.1 Å². The largest absolute Gasteiger partial charge is 0.370 e. The lowest BCUT2D eigenvalue weighted by molar-refractivity contribution is 0.552. The summed E-state index contributed by atoms with van der Waals surface area (Å²) < 4.78 is 0. The summed E-state index contributed by atoms with van der Waals surface area (Å²) in [4.78, 5) is 11.5. The second kappa shape index (κ2) is 8.08. The summed E-state index contributed by atoms with van der Waals surface area (Å²) in [6, 6.07) is 0. The van der Waals surface area contributed by atoms with Crippen molar-refractivity contribution in [3.63, 3.8) is 0 Å². The third-order valence-electron chi connectivity index (χ3n) is 3.97. The van der Waals surface area contributed by atoms with Gasteiger partial charge in [-0.3, -0.25) is 0 Å². The molecule has 112 valence electrons. The Morgan fingerprint density at radius 3 is 2.40 bits per heavy atom. The average Bonchev–Trinajstić information content (AvgIpc) is 2.44. The van der Waals surface area contributed by atoms with Crippen molar-refractivity contribution < 1.29 is 0 Å². The smallest absolute Gasteiger partial charge is 0.137 e. The van der Waals surface area contributed by atoms with Gasteiger partial charge in [0.05, 0.1) is 0 Å². The molecular formula is C16H28N4. The first-order valence-corrected chi connectivity index (χ1v) is 8.19. The molecule has 1 N–H and O–H groups in total. The highest BCUT2D eigenvalue weighted by molar-refractivity contribution is 5.58. The molecule has 0 spiro atoms. The third kappa shape index (κ3) is 3.84. The Morgan fingerprint density at radius 1 is 1.05 bits per heavy atom. The zero-order valence-electron chi connectivity index (χ0n) is 13.0. The van der Waals surface area contributed by atoms with Crippen molar-refractivity contribution >= 4 is 11.6 Å². The number of rotatable bonds is 5. The van der Waals surface area contributed by atoms with Crippen LogP contribution in [0.4, 0.5) is 11.6 Å². The van der Waals surface area contributed by atoms with Gasteiger partial charge in [0.2, 0.25) is 0 Å². The van der Waals surface area contributed by atoms with Gasteiger partial charge in [-0.1, -0.05) is 33.1 Å². The zero-order chi connectivity index (χ0) is 14.2. The molecule has 4 nitrogen and oxygen atoms in total. The van der Waals surface area contributed by atoms with Crippen molar-refractivity contribution in [1.29, 1.82) is 0 Å². The van der Waals surface area contributed by atoms with E-state index in [0.29, 0.717) is 0 Å². The molecule has 0 amide bonds. The number of anilines is 2. The van der Waals surface area contributed by atoms with E-state index in [1.54, 1.807) is 6.33 Å². The molecule has 0 aromatic carbocycles. The summed E-state index contributed by atoms with van der Waals surface area (Å²) in [5, 5.41) is 3.44. The van der Waals surface area contributed by atoms with Gasteiger partial charge in [-0.2, -0.15) is 0 Å². The lowest BCUT2D eigenvalue weighted by Gasteiger charge is -2.28. The average molecular weight is 276 g/mol. The Labute approximate surface area is 123 Å². The molecule has 2 heterocycles. The van der Waals surface area contributed by atoms with Gasteiger partial charge in [0.1, 0.15) is 18.0 Å². The number of nitrogens with zero attached hydrogens (tertiary/aromatic N) is 3. The summed E-state index contributed by atoms with van der Waals surface area (Å²) >= 11 is 0. The lowest BCUT2D eigenvalue weighted by atomic mass is 10.1. The van der Waals surface area contributed by atoms with Crippen LogP contribution < -0.4 is 10.2 Å². The Hall–Kier alpha value is -1.32. The van der Waals surface area contributed by atoms with Crippen LogP contribution in [0.2, 0.25) is 0 Å². The SMILES string of the molecule is CCCNc1ncnc(N2CCCCCCC2)c1CC. The molecule has 20 heavy (non-hydrogen) atoms. The standard InChI is InChI=1S/C16H28N4/c1-3-10-17-15-14(4-2)16(19-13-18-15)20-11-8-6-5-7-9-12-20/h13H,3-12H2,1-2H3,(H,17,18,19). The quantitative estimate of drug-likeness (QED) is 0.891. The Bertz CT molecular complexity index is 397. The molecule has 0 atom stereocenters. The van der Waals surface area contributed by atoms with Crippen LogP contribution >= 0.6 is 0 Å². The molecule has 0 bridgehead atoms. The highest BCUT2D eigenvalue weighted by atomic mass is 15.2. The van der Waals surface area contributed by atoms with E-state index < -0.39 is 0 Å². The minimum Gasteiger partial charge on any atom is -0.370 e. The fourth-order valence-electron chi connectivity index (χ4n) is 2.86. The van der Waals surface area contributed by atoms with Crippen molar-refractivity contribution in [1.82, 2.24) is 9.97 Å². The van der Waals surface area contributed by atoms with Crippen molar-refractivity contribution in [2.75, 3.05) is 29.9 Å². The van der Waals surface area contributed by atoms with E-state index in [4.69, 9.17) is 0 Å². The third-order valence-corrected chi connectivity index (χ3v) is 3.97. The van der Waals surface area contributed by atoms with Crippen LogP contribution in [0.3, 0.4) is 0 Å². The Morgan fingerprint density at radius 2 is 1.75 bits per heavy atom. The number of nitrogens with one attached hydrogen (secondary N) is 1. The summed E-state index contributed by atoms with van der Waals surface area (Å²) in [7, 11) is 0. The lowest BCUT2D eigenvalue weighted by Crippen LogP contribution is -2.29. The first-order chi connectivity index (χ1) is 9.86. The van der Waals surface area contributed by atoms with E-state index in [1.165, 1.54) is 37.7 Å². The summed E-state index contributed by atoms with van der Waals surface area (Å²) in [5.74, 6) is 2.18. The van der Waals surface area contributed by atoms with E-state index in [1.807, 2.05) is 0 Å². The monoisotopic (exact) mass is 276 g/mol. The fraction of sp³-hybridized carbons (Fsp3) is 0.750. The molecule has 1 saturated heterocycles. The van der Waals surface area contributed by atoms with Crippen molar-refractivity contribution in [2.24, 2.45) is 0 Å². The topological polar surface area (TPSA) is 41.1 Å². The molecular weight excluding hydrogens is 248 g/mol. The fourth-order valence-corrected chi connectivity index (χ4v) is 2.86. The number of hydrogen-bond acceptors (Lipinski definition) is 4. The van der Waals surface area contributed by atoms with Crippen molar-refractivity contribution in [2.45, 2.75) is 58.8 Å². The molecule has 4 heteroatoms. The molecule has 0 unspecified atom stereocenters. The molecule has 0 saturated carbocycles. The molecule has 0 aliphatic carbocycles. The second-order valence-electron chi connectivity index (χ2n) is 5.56. The summed E-state index contributed by atoms with van der Waals surface area (Å²) in [6.07, 6.45) is 10.5. The summed E-state index contributed by atoms with van der Waals surface area (Å²) in [6.45, 7) is 7.63. The van der Waals surface area contributed by atoms with Gasteiger partial charge in [-0.05, 0) is 25.7 Å². The van der Waals surface area contributed by atoms with Crippen molar-refractivity contribution in [3.05, 3.63) is 11.9 Å². The Kier molecular flexibility index (Phi) is 6.09. The van der Waals surface area contributed by atoms with Gasteiger partial charge in [0, 0.05) is 25.2 Å². The van der Waals surface area contributed by atoms with Gasteiger partial charge >= 0.3 is 0 Å². The van der Waals surface area contributed by atoms with Crippen LogP contribution in [-0.4, -0.2) is 29.6 Å². The first kappa shape index (κ1) is 15.1. The highest BCUT2D eigenvalue weighted by Crippen LogP contribution is 2.26. The van der Waals surface area contributed by atoms with Crippen LogP contribution in [0.5, 0.6) is 0 Å². The second-order valence-corrected chi connectivity index (χ2v) is 5.56. The minimum atomic E-state index is 0.976. The van der Waals surface area contributed by atoms with Gasteiger partial charge in [0.25, 0.3) is 0 Å². The van der Waals surface area contributed by atoms with Gasteiger partial charge in [-0.25, -0.2) is 9.97 Å². The van der Waals surface area contributed by atoms with Crippen LogP contribution in [0, 0.1) is 0 Å². The van der Waals surface area contributed by atoms with E-state index in [9.17, 15) is 0 Å². The molecule has 0 radical (unpaired) electrons. The molecule has 2 rings (SSSR count). The molecule has 1 fully saturated rings. The predicted molar refractivity (Wildman–Crippen MR) is 85.5 cm³/mol. The van der Waals surface area contributed by atoms with Gasteiger partial charge < -0.3 is 10.2 Å². The van der Waals surface area contributed by atoms with Crippen LogP contribution in [0.1, 0.15) is 57.9 Å². The number of hydrogen-bond donors (Lipinski definition) is 1. The van der Waals surface area contributed by atoms with Crippen LogP contribution in [0.15, 0.2) is 6.33 Å². The molecule has 1 aliphatic heterocycles. The van der Waals surface area contributed by atoms with Gasteiger partial charge in [-0.15, -0.1) is 0 Å². The first-order valence-electron chi connectivity index (χ1n) is 8.19. The van der Waals surface area contributed by atoms with E-state index in [2.05, 4.69) is 34.0 Å². The molecule has 1 aromatic rings. The number of aromatic nitrogens is 2.